The SMILES string of the molecule is CN(C[C@@H](CCN1CCN(C(c2ccco2)C(O)CO)CC1)c1ccc(Cl)c(Cl)c1)C(=O)c1cc(C#N)cc2ccccc12. The van der Waals surface area contributed by atoms with Crippen LogP contribution in [0.5, 0.6) is 0 Å². The van der Waals surface area contributed by atoms with E-state index in [1.165, 1.54) is 0 Å². The van der Waals surface area contributed by atoms with Crippen molar-refractivity contribution < 1.29 is 19.4 Å². The average Bonchev–Trinajstić information content (AvgIpc) is 3.58. The number of likely N-dealkylation sites (N-methyl/N-ethyl adjacent to an activating group) is 1. The van der Waals surface area contributed by atoms with Gasteiger partial charge in [0, 0.05) is 51.3 Å². The first-order valence-corrected chi connectivity index (χ1v) is 15.5. The van der Waals surface area contributed by atoms with Crippen molar-refractivity contribution in [3.8, 4) is 6.07 Å². The van der Waals surface area contributed by atoms with Crippen LogP contribution in [0, 0.1) is 11.3 Å². The molecule has 5 rings (SSSR count). The van der Waals surface area contributed by atoms with Gasteiger partial charge in [-0.15, -0.1) is 0 Å². The van der Waals surface area contributed by atoms with Crippen LogP contribution in [0.4, 0.5) is 0 Å². The number of halogens is 2. The molecule has 2 N–H and O–H groups in total. The summed E-state index contributed by atoms with van der Waals surface area (Å²) in [5.41, 5.74) is 1.95. The van der Waals surface area contributed by atoms with Crippen molar-refractivity contribution in [1.29, 1.82) is 5.26 Å². The second kappa shape index (κ2) is 14.6. The van der Waals surface area contributed by atoms with Gasteiger partial charge < -0.3 is 24.4 Å². The molecule has 0 radical (unpaired) electrons. The zero-order chi connectivity index (χ0) is 31.2. The van der Waals surface area contributed by atoms with E-state index >= 15 is 0 Å². The fourth-order valence-electron chi connectivity index (χ4n) is 6.08. The smallest absolute Gasteiger partial charge is 0.254 e. The van der Waals surface area contributed by atoms with E-state index in [0.717, 1.165) is 42.4 Å². The Balaban J connectivity index is 1.29. The standard InChI is InChI=1S/C34H36Cl2N4O4/c1-38(34(43)28-18-23(20-37)17-25-5-2-3-6-27(25)28)21-26(24-8-9-29(35)30(36)19-24)10-11-39-12-14-40(15-13-39)33(31(42)22-41)32-7-4-16-44-32/h2-9,16-19,26,31,33,41-42H,10-15,21-22H2,1H3/t26-,31?,33?/m1/s1. The summed E-state index contributed by atoms with van der Waals surface area (Å²) in [5.74, 6) is 0.470. The topological polar surface area (TPSA) is 104 Å². The highest BCUT2D eigenvalue weighted by molar-refractivity contribution is 6.42. The molecule has 4 aromatic rings. The quantitative estimate of drug-likeness (QED) is 0.222. The first-order chi connectivity index (χ1) is 21.3. The van der Waals surface area contributed by atoms with Crippen molar-refractivity contribution in [2.75, 3.05) is 52.9 Å². The Morgan fingerprint density at radius 1 is 1.05 bits per heavy atom. The molecule has 2 unspecified atom stereocenters. The van der Waals surface area contributed by atoms with Gasteiger partial charge in [-0.3, -0.25) is 9.69 Å². The number of piperazine rings is 1. The Bertz CT molecular complexity index is 1620. The van der Waals surface area contributed by atoms with Crippen LogP contribution < -0.4 is 0 Å². The first kappa shape index (κ1) is 32.0. The molecule has 0 aliphatic carbocycles. The number of nitrogens with zero attached hydrogens (tertiary/aromatic N) is 4. The van der Waals surface area contributed by atoms with Gasteiger partial charge in [0.15, 0.2) is 0 Å². The van der Waals surface area contributed by atoms with Gasteiger partial charge in [0.25, 0.3) is 5.91 Å². The van der Waals surface area contributed by atoms with E-state index in [4.69, 9.17) is 27.6 Å². The molecule has 1 aliphatic rings. The van der Waals surface area contributed by atoms with Crippen molar-refractivity contribution in [2.24, 2.45) is 0 Å². The van der Waals surface area contributed by atoms with E-state index in [1.807, 2.05) is 42.5 Å². The predicted molar refractivity (Wildman–Crippen MR) is 172 cm³/mol. The van der Waals surface area contributed by atoms with E-state index in [-0.39, 0.29) is 18.4 Å². The molecule has 3 aromatic carbocycles. The largest absolute Gasteiger partial charge is 0.468 e. The normalized spacial score (nSPS) is 16.4. The first-order valence-electron chi connectivity index (χ1n) is 14.7. The van der Waals surface area contributed by atoms with E-state index in [2.05, 4.69) is 15.9 Å². The van der Waals surface area contributed by atoms with Gasteiger partial charge in [0.05, 0.1) is 46.7 Å². The zero-order valence-corrected chi connectivity index (χ0v) is 26.1. The predicted octanol–water partition coefficient (Wildman–Crippen LogP) is 5.57. The number of aliphatic hydroxyl groups is 2. The molecular formula is C34H36Cl2N4O4. The molecule has 8 nitrogen and oxygen atoms in total. The zero-order valence-electron chi connectivity index (χ0n) is 24.6. The maximum absolute atomic E-state index is 13.8. The summed E-state index contributed by atoms with van der Waals surface area (Å²) >= 11 is 12.7. The molecule has 230 valence electrons. The van der Waals surface area contributed by atoms with E-state index < -0.39 is 12.1 Å². The van der Waals surface area contributed by atoms with Crippen LogP contribution in [0.1, 0.15) is 45.6 Å². The number of amides is 1. The fourth-order valence-corrected chi connectivity index (χ4v) is 6.38. The number of nitriles is 1. The van der Waals surface area contributed by atoms with Crippen LogP contribution in [0.3, 0.4) is 0 Å². The van der Waals surface area contributed by atoms with E-state index in [0.29, 0.717) is 46.6 Å². The number of carbonyl (C=O) groups excluding carboxylic acids is 1. The fraction of sp³-hybridized carbons (Fsp3) is 0.353. The van der Waals surface area contributed by atoms with E-state index in [1.54, 1.807) is 42.5 Å². The number of aliphatic hydroxyl groups excluding tert-OH is 2. The second-order valence-electron chi connectivity index (χ2n) is 11.3. The number of carbonyl (C=O) groups is 1. The lowest BCUT2D eigenvalue weighted by molar-refractivity contribution is -0.0178. The molecule has 1 aromatic heterocycles. The summed E-state index contributed by atoms with van der Waals surface area (Å²) in [4.78, 5) is 20.0. The summed E-state index contributed by atoms with van der Waals surface area (Å²) in [6.45, 7) is 3.88. The van der Waals surface area contributed by atoms with Gasteiger partial charge in [-0.25, -0.2) is 0 Å². The lowest BCUT2D eigenvalue weighted by atomic mass is 9.94. The summed E-state index contributed by atoms with van der Waals surface area (Å²) in [6.07, 6.45) is 1.41. The summed E-state index contributed by atoms with van der Waals surface area (Å²) in [6, 6.07) is 22.1. The van der Waals surface area contributed by atoms with Crippen molar-refractivity contribution in [2.45, 2.75) is 24.5 Å². The summed E-state index contributed by atoms with van der Waals surface area (Å²) in [5, 5.41) is 32.4. The number of benzene rings is 3. The minimum Gasteiger partial charge on any atom is -0.468 e. The van der Waals surface area contributed by atoms with Gasteiger partial charge >= 0.3 is 0 Å². The van der Waals surface area contributed by atoms with E-state index in [9.17, 15) is 20.3 Å². The number of hydrogen-bond donors (Lipinski definition) is 2. The highest BCUT2D eigenvalue weighted by Crippen LogP contribution is 2.31. The van der Waals surface area contributed by atoms with Crippen LogP contribution in [0.15, 0.2) is 77.4 Å². The Hall–Kier alpha value is -3.42. The molecule has 0 bridgehead atoms. The minimum atomic E-state index is -0.939. The van der Waals surface area contributed by atoms with Crippen LogP contribution in [0.25, 0.3) is 10.8 Å². The average molecular weight is 636 g/mol. The van der Waals surface area contributed by atoms with Gasteiger partial charge in [-0.2, -0.15) is 5.26 Å². The Kier molecular flexibility index (Phi) is 10.6. The molecule has 44 heavy (non-hydrogen) atoms. The maximum atomic E-state index is 13.8. The Morgan fingerprint density at radius 3 is 2.50 bits per heavy atom. The molecule has 0 spiro atoms. The summed E-state index contributed by atoms with van der Waals surface area (Å²) in [7, 11) is 1.79. The number of fused-ring (bicyclic) bond motifs is 1. The highest BCUT2D eigenvalue weighted by atomic mass is 35.5. The highest BCUT2D eigenvalue weighted by Gasteiger charge is 2.32. The van der Waals surface area contributed by atoms with Gasteiger partial charge in [0.2, 0.25) is 0 Å². The molecule has 0 saturated carbocycles. The van der Waals surface area contributed by atoms with Crippen molar-refractivity contribution in [3.63, 3.8) is 0 Å². The second-order valence-corrected chi connectivity index (χ2v) is 12.1. The molecule has 3 atom stereocenters. The summed E-state index contributed by atoms with van der Waals surface area (Å²) < 4.78 is 5.57. The lowest BCUT2D eigenvalue weighted by Crippen LogP contribution is -2.50. The minimum absolute atomic E-state index is 0.0192. The molecule has 1 amide bonds. The Labute approximate surface area is 267 Å². The van der Waals surface area contributed by atoms with Gasteiger partial charge in [0.1, 0.15) is 5.76 Å². The van der Waals surface area contributed by atoms with Crippen LogP contribution in [-0.2, 0) is 0 Å². The van der Waals surface area contributed by atoms with Gasteiger partial charge in [-0.05, 0) is 65.7 Å². The maximum Gasteiger partial charge on any atom is 0.254 e. The molecule has 1 aliphatic heterocycles. The number of rotatable bonds is 11. The molecule has 10 heteroatoms. The monoisotopic (exact) mass is 634 g/mol. The third-order valence-electron chi connectivity index (χ3n) is 8.46. The van der Waals surface area contributed by atoms with Crippen LogP contribution >= 0.6 is 23.2 Å². The van der Waals surface area contributed by atoms with Crippen molar-refractivity contribution >= 4 is 39.9 Å². The Morgan fingerprint density at radius 2 is 1.82 bits per heavy atom. The third-order valence-corrected chi connectivity index (χ3v) is 9.20. The number of hydrogen-bond acceptors (Lipinski definition) is 7. The molecule has 2 heterocycles. The lowest BCUT2D eigenvalue weighted by Gasteiger charge is -2.40. The third kappa shape index (κ3) is 7.27. The van der Waals surface area contributed by atoms with Gasteiger partial charge in [-0.1, -0.05) is 53.5 Å². The van der Waals surface area contributed by atoms with Crippen molar-refractivity contribution in [3.05, 3.63) is 105 Å². The van der Waals surface area contributed by atoms with Crippen LogP contribution in [0.2, 0.25) is 10.0 Å². The molecule has 1 fully saturated rings. The van der Waals surface area contributed by atoms with Crippen molar-refractivity contribution in [1.82, 2.24) is 14.7 Å². The molecule has 1 saturated heterocycles. The number of furan rings is 1. The molecular weight excluding hydrogens is 599 g/mol. The van der Waals surface area contributed by atoms with Crippen LogP contribution in [-0.4, -0.2) is 89.8 Å².